The van der Waals surface area contributed by atoms with E-state index in [1.165, 1.54) is 4.57 Å². The number of carbonyl (C=O) groups is 1. The van der Waals surface area contributed by atoms with Crippen LogP contribution in [0.25, 0.3) is 17.0 Å². The third-order valence-electron chi connectivity index (χ3n) is 5.13. The van der Waals surface area contributed by atoms with Gasteiger partial charge in [-0.3, -0.25) is 19.1 Å². The van der Waals surface area contributed by atoms with Gasteiger partial charge in [0.25, 0.3) is 5.56 Å². The van der Waals surface area contributed by atoms with Crippen LogP contribution in [-0.2, 0) is 11.3 Å². The Balaban J connectivity index is 1.58. The minimum Gasteiger partial charge on any atom is -0.335 e. The van der Waals surface area contributed by atoms with Gasteiger partial charge < -0.3 is 4.90 Å². The first-order valence-corrected chi connectivity index (χ1v) is 9.38. The van der Waals surface area contributed by atoms with E-state index < -0.39 is 11.2 Å². The lowest BCUT2D eigenvalue weighted by Gasteiger charge is -2.23. The van der Waals surface area contributed by atoms with Gasteiger partial charge in [-0.1, -0.05) is 54.6 Å². The van der Waals surface area contributed by atoms with Gasteiger partial charge in [0.15, 0.2) is 0 Å². The molecule has 0 bridgehead atoms. The molecule has 0 radical (unpaired) electrons. The lowest BCUT2D eigenvalue weighted by Crippen LogP contribution is -2.40. The summed E-state index contributed by atoms with van der Waals surface area (Å²) in [5.41, 5.74) is 0.562. The quantitative estimate of drug-likeness (QED) is 0.761. The van der Waals surface area contributed by atoms with Gasteiger partial charge in [-0.25, -0.2) is 4.79 Å². The zero-order valence-electron chi connectivity index (χ0n) is 15.4. The Bertz CT molecular complexity index is 1140. The first-order valence-electron chi connectivity index (χ1n) is 9.38. The zero-order valence-corrected chi connectivity index (χ0v) is 15.4. The van der Waals surface area contributed by atoms with Crippen molar-refractivity contribution in [2.75, 3.05) is 6.54 Å². The van der Waals surface area contributed by atoms with Crippen LogP contribution in [0.1, 0.15) is 18.4 Å². The summed E-state index contributed by atoms with van der Waals surface area (Å²) in [6, 6.07) is 16.8. The van der Waals surface area contributed by atoms with Crippen LogP contribution in [0.3, 0.4) is 0 Å². The number of aromatic nitrogens is 2. The van der Waals surface area contributed by atoms with Gasteiger partial charge in [-0.05, 0) is 30.5 Å². The maximum absolute atomic E-state index is 13.0. The SMILES string of the molecule is O=C(Cn1c(=O)[nH]c(=O)c2ccccc21)N1CCCC1C=Cc1ccccc1. The van der Waals surface area contributed by atoms with E-state index in [0.717, 1.165) is 18.4 Å². The number of rotatable bonds is 4. The Morgan fingerprint density at radius 2 is 1.82 bits per heavy atom. The van der Waals surface area contributed by atoms with Gasteiger partial charge in [0.05, 0.1) is 16.9 Å². The van der Waals surface area contributed by atoms with Crippen molar-refractivity contribution in [1.29, 1.82) is 0 Å². The molecule has 0 saturated carbocycles. The molecule has 4 rings (SSSR count). The first kappa shape index (κ1) is 18.0. The van der Waals surface area contributed by atoms with E-state index in [0.29, 0.717) is 17.4 Å². The third-order valence-corrected chi connectivity index (χ3v) is 5.13. The number of amides is 1. The lowest BCUT2D eigenvalue weighted by molar-refractivity contribution is -0.131. The van der Waals surface area contributed by atoms with Crippen molar-refractivity contribution in [1.82, 2.24) is 14.5 Å². The van der Waals surface area contributed by atoms with E-state index in [2.05, 4.69) is 4.98 Å². The second kappa shape index (κ2) is 7.68. The van der Waals surface area contributed by atoms with Crippen LogP contribution in [-0.4, -0.2) is 32.9 Å². The van der Waals surface area contributed by atoms with Gasteiger partial charge >= 0.3 is 5.69 Å². The van der Waals surface area contributed by atoms with Crippen LogP contribution in [0.4, 0.5) is 0 Å². The Labute approximate surface area is 161 Å². The summed E-state index contributed by atoms with van der Waals surface area (Å²) in [4.78, 5) is 41.4. The summed E-state index contributed by atoms with van der Waals surface area (Å²) >= 11 is 0. The normalized spacial score (nSPS) is 16.9. The summed E-state index contributed by atoms with van der Waals surface area (Å²) in [7, 11) is 0. The highest BCUT2D eigenvalue weighted by atomic mass is 16.2. The molecule has 0 aliphatic carbocycles. The van der Waals surface area contributed by atoms with Gasteiger partial charge in [0.1, 0.15) is 6.54 Å². The predicted octanol–water partition coefficient (Wildman–Crippen LogP) is 2.39. The summed E-state index contributed by atoms with van der Waals surface area (Å²) < 4.78 is 1.34. The molecule has 2 heterocycles. The van der Waals surface area contributed by atoms with E-state index in [4.69, 9.17) is 0 Å². The average molecular weight is 375 g/mol. The molecule has 1 N–H and O–H groups in total. The molecule has 1 fully saturated rings. The summed E-state index contributed by atoms with van der Waals surface area (Å²) in [5, 5.41) is 0.400. The number of aromatic amines is 1. The van der Waals surface area contributed by atoms with E-state index in [1.54, 1.807) is 24.3 Å². The summed E-state index contributed by atoms with van der Waals surface area (Å²) in [6.45, 7) is 0.574. The lowest BCUT2D eigenvalue weighted by atomic mass is 10.1. The molecule has 2 aromatic carbocycles. The number of hydrogen-bond donors (Lipinski definition) is 1. The Morgan fingerprint density at radius 3 is 2.64 bits per heavy atom. The molecular weight excluding hydrogens is 354 g/mol. The second-order valence-electron chi connectivity index (χ2n) is 6.93. The van der Waals surface area contributed by atoms with Crippen molar-refractivity contribution in [3.8, 4) is 0 Å². The summed E-state index contributed by atoms with van der Waals surface area (Å²) in [5.74, 6) is -0.125. The number of likely N-dealkylation sites (tertiary alicyclic amines) is 1. The molecule has 1 saturated heterocycles. The maximum atomic E-state index is 13.0. The van der Waals surface area contributed by atoms with Crippen molar-refractivity contribution in [3.05, 3.63) is 87.1 Å². The van der Waals surface area contributed by atoms with Crippen molar-refractivity contribution < 1.29 is 4.79 Å². The van der Waals surface area contributed by atoms with E-state index in [-0.39, 0.29) is 18.5 Å². The van der Waals surface area contributed by atoms with E-state index >= 15 is 0 Å². The molecule has 1 unspecified atom stereocenters. The third kappa shape index (κ3) is 3.53. The molecule has 3 aromatic rings. The summed E-state index contributed by atoms with van der Waals surface area (Å²) in [6.07, 6.45) is 5.90. The van der Waals surface area contributed by atoms with Crippen LogP contribution in [0.15, 0.2) is 70.3 Å². The minimum atomic E-state index is -0.562. The number of para-hydroxylation sites is 1. The Hall–Kier alpha value is -3.41. The fourth-order valence-corrected chi connectivity index (χ4v) is 3.71. The molecule has 6 nitrogen and oxygen atoms in total. The molecule has 142 valence electrons. The van der Waals surface area contributed by atoms with Crippen LogP contribution in [0.5, 0.6) is 0 Å². The maximum Gasteiger partial charge on any atom is 0.329 e. The molecule has 1 atom stereocenters. The topological polar surface area (TPSA) is 75.2 Å². The van der Waals surface area contributed by atoms with Crippen molar-refractivity contribution in [3.63, 3.8) is 0 Å². The fraction of sp³-hybridized carbons (Fsp3) is 0.227. The molecule has 1 aliphatic heterocycles. The van der Waals surface area contributed by atoms with Gasteiger partial charge in [-0.15, -0.1) is 0 Å². The second-order valence-corrected chi connectivity index (χ2v) is 6.93. The van der Waals surface area contributed by atoms with Crippen molar-refractivity contribution in [2.24, 2.45) is 0 Å². The largest absolute Gasteiger partial charge is 0.335 e. The van der Waals surface area contributed by atoms with Crippen LogP contribution in [0, 0.1) is 0 Å². The minimum absolute atomic E-state index is 0.0115. The average Bonchev–Trinajstić information content (AvgIpc) is 3.19. The van der Waals surface area contributed by atoms with Crippen molar-refractivity contribution in [2.45, 2.75) is 25.4 Å². The number of carbonyl (C=O) groups excluding carboxylic acids is 1. The smallest absolute Gasteiger partial charge is 0.329 e. The highest BCUT2D eigenvalue weighted by Gasteiger charge is 2.27. The monoisotopic (exact) mass is 375 g/mol. The molecule has 1 amide bonds. The first-order chi connectivity index (χ1) is 13.6. The molecule has 6 heteroatoms. The number of nitrogens with zero attached hydrogens (tertiary/aromatic N) is 2. The van der Waals surface area contributed by atoms with Crippen LogP contribution >= 0.6 is 0 Å². The zero-order chi connectivity index (χ0) is 19.5. The van der Waals surface area contributed by atoms with Gasteiger partial charge in [0.2, 0.25) is 5.91 Å². The molecule has 28 heavy (non-hydrogen) atoms. The van der Waals surface area contributed by atoms with E-state index in [9.17, 15) is 14.4 Å². The van der Waals surface area contributed by atoms with Crippen LogP contribution < -0.4 is 11.2 Å². The standard InChI is InChI=1S/C22H21N3O3/c26-20(15-25-19-11-5-4-10-18(19)21(27)23-22(25)28)24-14-6-9-17(24)13-12-16-7-2-1-3-8-16/h1-5,7-8,10-13,17H,6,9,14-15H2,(H,23,27,28). The number of nitrogens with one attached hydrogen (secondary N) is 1. The van der Waals surface area contributed by atoms with Crippen LogP contribution in [0.2, 0.25) is 0 Å². The Kier molecular flexibility index (Phi) is 4.93. The number of benzene rings is 2. The highest BCUT2D eigenvalue weighted by molar-refractivity contribution is 5.82. The predicted molar refractivity (Wildman–Crippen MR) is 109 cm³/mol. The van der Waals surface area contributed by atoms with Crippen molar-refractivity contribution >= 4 is 22.9 Å². The highest BCUT2D eigenvalue weighted by Crippen LogP contribution is 2.20. The number of H-pyrrole nitrogens is 1. The molecule has 1 aromatic heterocycles. The number of hydrogen-bond acceptors (Lipinski definition) is 3. The van der Waals surface area contributed by atoms with Gasteiger partial charge in [-0.2, -0.15) is 0 Å². The Morgan fingerprint density at radius 1 is 1.07 bits per heavy atom. The van der Waals surface area contributed by atoms with Gasteiger partial charge in [0, 0.05) is 6.54 Å². The molecular formula is C22H21N3O3. The van der Waals surface area contributed by atoms with E-state index in [1.807, 2.05) is 47.4 Å². The number of fused-ring (bicyclic) bond motifs is 1. The molecule has 1 aliphatic rings. The fourth-order valence-electron chi connectivity index (χ4n) is 3.71. The molecule has 0 spiro atoms.